The Morgan fingerprint density at radius 1 is 0.966 bits per heavy atom. The maximum atomic E-state index is 12.2. The smallest absolute Gasteiger partial charge is 0.306 e. The monoisotopic (exact) mass is 394 g/mol. The Morgan fingerprint density at radius 2 is 1.59 bits per heavy atom. The van der Waals surface area contributed by atoms with Gasteiger partial charge >= 0.3 is 5.97 Å². The van der Waals surface area contributed by atoms with Gasteiger partial charge in [-0.3, -0.25) is 24.1 Å². The Bertz CT molecular complexity index is 919. The lowest BCUT2D eigenvalue weighted by molar-refractivity contribution is -0.148. The van der Waals surface area contributed by atoms with Gasteiger partial charge in [-0.15, -0.1) is 0 Å². The number of esters is 1. The molecule has 150 valence electrons. The summed E-state index contributed by atoms with van der Waals surface area (Å²) in [5.41, 5.74) is 2.82. The molecule has 7 heteroatoms. The summed E-state index contributed by atoms with van der Waals surface area (Å²) in [6.45, 7) is 2.08. The van der Waals surface area contributed by atoms with Crippen molar-refractivity contribution in [2.75, 3.05) is 13.2 Å². The van der Waals surface area contributed by atoms with Crippen LogP contribution in [0.2, 0.25) is 0 Å². The fourth-order valence-corrected chi connectivity index (χ4v) is 3.10. The molecule has 0 spiro atoms. The summed E-state index contributed by atoms with van der Waals surface area (Å²) >= 11 is 0. The van der Waals surface area contributed by atoms with Crippen LogP contribution in [0.25, 0.3) is 0 Å². The lowest BCUT2D eigenvalue weighted by Crippen LogP contribution is -2.31. The highest BCUT2D eigenvalue weighted by Gasteiger charge is 2.34. The zero-order valence-electron chi connectivity index (χ0n) is 16.1. The molecule has 1 aliphatic rings. The molecule has 7 nitrogen and oxygen atoms in total. The minimum Gasteiger partial charge on any atom is -0.456 e. The minimum atomic E-state index is -0.548. The molecule has 0 aromatic heterocycles. The molecule has 29 heavy (non-hydrogen) atoms. The van der Waals surface area contributed by atoms with Crippen molar-refractivity contribution in [3.63, 3.8) is 0 Å². The van der Waals surface area contributed by atoms with Gasteiger partial charge in [-0.2, -0.15) is 0 Å². The Hall–Kier alpha value is -3.48. The zero-order chi connectivity index (χ0) is 20.8. The average Bonchev–Trinajstić information content (AvgIpc) is 2.97. The number of rotatable bonds is 8. The maximum absolute atomic E-state index is 12.2. The third-order valence-electron chi connectivity index (χ3n) is 4.74. The molecule has 1 aliphatic heterocycles. The lowest BCUT2D eigenvalue weighted by atomic mass is 10.1. The van der Waals surface area contributed by atoms with Crippen molar-refractivity contribution < 1.29 is 23.9 Å². The molecule has 0 bridgehead atoms. The summed E-state index contributed by atoms with van der Waals surface area (Å²) in [6, 6.07) is 14.3. The average molecular weight is 394 g/mol. The minimum absolute atomic E-state index is 0.0124. The summed E-state index contributed by atoms with van der Waals surface area (Å²) in [5, 5.41) is 2.70. The highest BCUT2D eigenvalue weighted by atomic mass is 16.5. The van der Waals surface area contributed by atoms with Crippen LogP contribution in [0.15, 0.2) is 48.5 Å². The number of carbonyl (C=O) groups excluding carboxylic acids is 4. The first kappa shape index (κ1) is 20.3. The quantitative estimate of drug-likeness (QED) is 0.548. The molecule has 1 N–H and O–H groups in total. The topological polar surface area (TPSA) is 92.8 Å². The normalized spacial score (nSPS) is 12.7. The number of nitrogens with one attached hydrogen (secondary N) is 1. The van der Waals surface area contributed by atoms with E-state index in [1.54, 1.807) is 24.3 Å². The van der Waals surface area contributed by atoms with E-state index in [1.165, 1.54) is 0 Å². The molecule has 3 rings (SSSR count). The predicted molar refractivity (Wildman–Crippen MR) is 105 cm³/mol. The fraction of sp³-hybridized carbons (Fsp3) is 0.273. The van der Waals surface area contributed by atoms with Gasteiger partial charge in [-0.25, -0.2) is 0 Å². The van der Waals surface area contributed by atoms with Crippen LogP contribution in [0.1, 0.15) is 44.7 Å². The molecule has 0 radical (unpaired) electrons. The van der Waals surface area contributed by atoms with Gasteiger partial charge in [0.15, 0.2) is 6.61 Å². The summed E-state index contributed by atoms with van der Waals surface area (Å²) in [5.74, 6) is -1.64. The van der Waals surface area contributed by atoms with Crippen LogP contribution in [-0.4, -0.2) is 41.7 Å². The van der Waals surface area contributed by atoms with Gasteiger partial charge in [-0.1, -0.05) is 36.4 Å². The Balaban J connectivity index is 1.36. The molecule has 3 amide bonds. The van der Waals surface area contributed by atoms with Crippen LogP contribution >= 0.6 is 0 Å². The van der Waals surface area contributed by atoms with Gasteiger partial charge in [0.1, 0.15) is 0 Å². The van der Waals surface area contributed by atoms with Gasteiger partial charge in [0.05, 0.1) is 11.1 Å². The molecule has 0 saturated carbocycles. The largest absolute Gasteiger partial charge is 0.456 e. The van der Waals surface area contributed by atoms with E-state index in [0.717, 1.165) is 16.0 Å². The molecule has 0 saturated heterocycles. The van der Waals surface area contributed by atoms with Crippen molar-refractivity contribution in [1.29, 1.82) is 0 Å². The summed E-state index contributed by atoms with van der Waals surface area (Å²) in [7, 11) is 0. The van der Waals surface area contributed by atoms with Crippen molar-refractivity contribution in [1.82, 2.24) is 10.2 Å². The molecule has 0 fully saturated rings. The molecular formula is C22H22N2O5. The first-order valence-electron chi connectivity index (χ1n) is 9.39. The second kappa shape index (κ2) is 9.14. The first-order chi connectivity index (χ1) is 14.0. The number of nitrogens with zero attached hydrogens (tertiary/aromatic N) is 1. The van der Waals surface area contributed by atoms with E-state index >= 15 is 0 Å². The van der Waals surface area contributed by atoms with E-state index in [4.69, 9.17) is 4.74 Å². The molecular weight excluding hydrogens is 372 g/mol. The SMILES string of the molecule is Cc1ccccc1CNC(=O)COC(=O)CCCN1C(=O)c2ccccc2C1=O. The third-order valence-corrected chi connectivity index (χ3v) is 4.74. The number of imide groups is 1. The Morgan fingerprint density at radius 3 is 2.24 bits per heavy atom. The summed E-state index contributed by atoms with van der Waals surface area (Å²) in [4.78, 5) is 49.3. The zero-order valence-corrected chi connectivity index (χ0v) is 16.1. The van der Waals surface area contributed by atoms with Crippen molar-refractivity contribution in [2.24, 2.45) is 0 Å². The van der Waals surface area contributed by atoms with Gasteiger partial charge in [0.25, 0.3) is 17.7 Å². The number of fused-ring (bicyclic) bond motifs is 1. The van der Waals surface area contributed by atoms with Crippen LogP contribution in [0.3, 0.4) is 0 Å². The van der Waals surface area contributed by atoms with E-state index < -0.39 is 5.97 Å². The molecule has 0 aliphatic carbocycles. The van der Waals surface area contributed by atoms with E-state index in [1.807, 2.05) is 31.2 Å². The molecule has 0 unspecified atom stereocenters. The number of benzene rings is 2. The standard InChI is InChI=1S/C22H22N2O5/c1-15-7-2-3-8-16(15)13-23-19(25)14-29-20(26)11-6-12-24-21(27)17-9-4-5-10-18(17)22(24)28/h2-5,7-10H,6,11-14H2,1H3,(H,23,25). The van der Waals surface area contributed by atoms with Crippen LogP contribution in [0.5, 0.6) is 0 Å². The number of aryl methyl sites for hydroxylation is 1. The van der Waals surface area contributed by atoms with Crippen molar-refractivity contribution in [3.8, 4) is 0 Å². The number of hydrogen-bond acceptors (Lipinski definition) is 5. The van der Waals surface area contributed by atoms with Gasteiger partial charge in [0, 0.05) is 19.5 Å². The highest BCUT2D eigenvalue weighted by molar-refractivity contribution is 6.21. The predicted octanol–water partition coefficient (Wildman–Crippen LogP) is 2.23. The van der Waals surface area contributed by atoms with Crippen LogP contribution in [0, 0.1) is 6.92 Å². The number of ether oxygens (including phenoxy) is 1. The third kappa shape index (κ3) is 4.87. The van der Waals surface area contributed by atoms with Gasteiger partial charge in [0.2, 0.25) is 0 Å². The van der Waals surface area contributed by atoms with Crippen LogP contribution in [-0.2, 0) is 20.9 Å². The van der Waals surface area contributed by atoms with Crippen molar-refractivity contribution in [3.05, 3.63) is 70.8 Å². The van der Waals surface area contributed by atoms with Crippen LogP contribution in [0.4, 0.5) is 0 Å². The second-order valence-electron chi connectivity index (χ2n) is 6.77. The van der Waals surface area contributed by atoms with E-state index in [-0.39, 0.29) is 43.7 Å². The summed E-state index contributed by atoms with van der Waals surface area (Å²) in [6.07, 6.45) is 0.285. The van der Waals surface area contributed by atoms with E-state index in [9.17, 15) is 19.2 Å². The molecule has 2 aromatic carbocycles. The maximum Gasteiger partial charge on any atom is 0.306 e. The number of hydrogen-bond donors (Lipinski definition) is 1. The van der Waals surface area contributed by atoms with Crippen molar-refractivity contribution in [2.45, 2.75) is 26.3 Å². The Kier molecular flexibility index (Phi) is 6.39. The van der Waals surface area contributed by atoms with E-state index in [2.05, 4.69) is 5.32 Å². The van der Waals surface area contributed by atoms with Crippen molar-refractivity contribution >= 4 is 23.7 Å². The Labute approximate surface area is 168 Å². The molecule has 2 aromatic rings. The molecule has 0 atom stereocenters. The van der Waals surface area contributed by atoms with E-state index in [0.29, 0.717) is 17.7 Å². The second-order valence-corrected chi connectivity index (χ2v) is 6.77. The first-order valence-corrected chi connectivity index (χ1v) is 9.39. The fourth-order valence-electron chi connectivity index (χ4n) is 3.10. The van der Waals surface area contributed by atoms with Crippen LogP contribution < -0.4 is 5.32 Å². The highest BCUT2D eigenvalue weighted by Crippen LogP contribution is 2.22. The van der Waals surface area contributed by atoms with Gasteiger partial charge < -0.3 is 10.1 Å². The number of carbonyl (C=O) groups is 4. The lowest BCUT2D eigenvalue weighted by Gasteiger charge is -2.13. The molecule has 1 heterocycles. The van der Waals surface area contributed by atoms with Gasteiger partial charge in [-0.05, 0) is 36.6 Å². The number of amides is 3. The summed E-state index contributed by atoms with van der Waals surface area (Å²) < 4.78 is 4.96.